The third kappa shape index (κ3) is 4.00. The molecule has 0 radical (unpaired) electrons. The molecule has 0 atom stereocenters. The minimum Gasteiger partial charge on any atom is -0.481 e. The molecule has 0 spiro atoms. The molecule has 1 heterocycles. The smallest absolute Gasteiger partial charge is 0.303 e. The van der Waals surface area contributed by atoms with Crippen LogP contribution in [0.1, 0.15) is 25.7 Å². The molecule has 1 aliphatic carbocycles. The van der Waals surface area contributed by atoms with Gasteiger partial charge in [-0.1, -0.05) is 0 Å². The average molecular weight is 240 g/mol. The standard InChI is InChI=1S/C12H20N2O3/c15-11(3-4-12(16)17)14-7-5-13(6-8-14)9-10-1-2-10/h10H,1-9H2,(H,16,17). The van der Waals surface area contributed by atoms with Gasteiger partial charge in [-0.3, -0.25) is 14.5 Å². The van der Waals surface area contributed by atoms with Crippen molar-refractivity contribution in [1.29, 1.82) is 0 Å². The van der Waals surface area contributed by atoms with Gasteiger partial charge in [0.05, 0.1) is 6.42 Å². The van der Waals surface area contributed by atoms with Gasteiger partial charge in [-0.2, -0.15) is 0 Å². The quantitative estimate of drug-likeness (QED) is 0.756. The molecule has 1 saturated heterocycles. The maximum atomic E-state index is 11.7. The summed E-state index contributed by atoms with van der Waals surface area (Å²) in [4.78, 5) is 26.3. The van der Waals surface area contributed by atoms with Crippen molar-refractivity contribution in [3.05, 3.63) is 0 Å². The number of amides is 1. The van der Waals surface area contributed by atoms with E-state index in [4.69, 9.17) is 5.11 Å². The molecule has 17 heavy (non-hydrogen) atoms. The number of carbonyl (C=O) groups is 2. The Hall–Kier alpha value is -1.10. The van der Waals surface area contributed by atoms with E-state index < -0.39 is 5.97 Å². The Morgan fingerprint density at radius 3 is 2.24 bits per heavy atom. The summed E-state index contributed by atoms with van der Waals surface area (Å²) in [6.45, 7) is 4.57. The van der Waals surface area contributed by atoms with Gasteiger partial charge in [-0.15, -0.1) is 0 Å². The zero-order valence-electron chi connectivity index (χ0n) is 10.1. The highest BCUT2D eigenvalue weighted by atomic mass is 16.4. The van der Waals surface area contributed by atoms with Crippen molar-refractivity contribution in [3.63, 3.8) is 0 Å². The van der Waals surface area contributed by atoms with Crippen LogP contribution in [0, 0.1) is 5.92 Å². The second-order valence-electron chi connectivity index (χ2n) is 5.02. The monoisotopic (exact) mass is 240 g/mol. The first kappa shape index (κ1) is 12.4. The Kier molecular flexibility index (Phi) is 3.99. The van der Waals surface area contributed by atoms with E-state index in [2.05, 4.69) is 4.90 Å². The van der Waals surface area contributed by atoms with Crippen LogP contribution in [0.5, 0.6) is 0 Å². The molecule has 1 N–H and O–H groups in total. The number of carboxylic acid groups (broad SMARTS) is 1. The van der Waals surface area contributed by atoms with Gasteiger partial charge in [-0.05, 0) is 18.8 Å². The molecule has 1 aliphatic heterocycles. The highest BCUT2D eigenvalue weighted by molar-refractivity contribution is 5.80. The predicted octanol–water partition coefficient (Wildman–Crippen LogP) is 0.405. The van der Waals surface area contributed by atoms with E-state index in [0.717, 1.165) is 32.1 Å². The first-order valence-electron chi connectivity index (χ1n) is 6.37. The maximum absolute atomic E-state index is 11.7. The summed E-state index contributed by atoms with van der Waals surface area (Å²) in [5, 5.41) is 8.53. The van der Waals surface area contributed by atoms with Crippen molar-refractivity contribution in [3.8, 4) is 0 Å². The summed E-state index contributed by atoms with van der Waals surface area (Å²) in [7, 11) is 0. The van der Waals surface area contributed by atoms with Crippen LogP contribution in [-0.2, 0) is 9.59 Å². The lowest BCUT2D eigenvalue weighted by atomic mass is 10.2. The molecule has 2 rings (SSSR count). The summed E-state index contributed by atoms with van der Waals surface area (Å²) in [5.41, 5.74) is 0. The molecule has 5 heteroatoms. The number of piperazine rings is 1. The fourth-order valence-electron chi connectivity index (χ4n) is 2.22. The van der Waals surface area contributed by atoms with Gasteiger partial charge in [0, 0.05) is 39.1 Å². The van der Waals surface area contributed by atoms with Gasteiger partial charge in [0.15, 0.2) is 0 Å². The van der Waals surface area contributed by atoms with Crippen molar-refractivity contribution in [1.82, 2.24) is 9.80 Å². The fraction of sp³-hybridized carbons (Fsp3) is 0.833. The van der Waals surface area contributed by atoms with E-state index in [9.17, 15) is 9.59 Å². The highest BCUT2D eigenvalue weighted by Crippen LogP contribution is 2.29. The zero-order valence-corrected chi connectivity index (χ0v) is 10.1. The number of nitrogens with zero attached hydrogens (tertiary/aromatic N) is 2. The van der Waals surface area contributed by atoms with Crippen molar-refractivity contribution in [2.24, 2.45) is 5.92 Å². The van der Waals surface area contributed by atoms with Crippen molar-refractivity contribution < 1.29 is 14.7 Å². The molecule has 1 saturated carbocycles. The number of rotatable bonds is 5. The van der Waals surface area contributed by atoms with Crippen LogP contribution in [-0.4, -0.2) is 59.5 Å². The maximum Gasteiger partial charge on any atom is 0.303 e. The molecule has 5 nitrogen and oxygen atoms in total. The minimum atomic E-state index is -0.897. The number of hydrogen-bond donors (Lipinski definition) is 1. The van der Waals surface area contributed by atoms with Gasteiger partial charge in [0.1, 0.15) is 0 Å². The summed E-state index contributed by atoms with van der Waals surface area (Å²) >= 11 is 0. The van der Waals surface area contributed by atoms with Crippen LogP contribution in [0.25, 0.3) is 0 Å². The zero-order chi connectivity index (χ0) is 12.3. The molecular formula is C12H20N2O3. The summed E-state index contributed by atoms with van der Waals surface area (Å²) in [6.07, 6.45) is 2.80. The van der Waals surface area contributed by atoms with Crippen molar-refractivity contribution in [2.45, 2.75) is 25.7 Å². The second-order valence-corrected chi connectivity index (χ2v) is 5.02. The molecule has 2 aliphatic rings. The minimum absolute atomic E-state index is 0.0153. The molecule has 96 valence electrons. The summed E-state index contributed by atoms with van der Waals surface area (Å²) < 4.78 is 0. The Morgan fingerprint density at radius 1 is 1.06 bits per heavy atom. The number of hydrogen-bond acceptors (Lipinski definition) is 3. The number of carboxylic acids is 1. The van der Waals surface area contributed by atoms with E-state index in [1.807, 2.05) is 0 Å². The lowest BCUT2D eigenvalue weighted by molar-refractivity contribution is -0.141. The predicted molar refractivity (Wildman–Crippen MR) is 62.6 cm³/mol. The Bertz CT molecular complexity index is 294. The largest absolute Gasteiger partial charge is 0.481 e. The lowest BCUT2D eigenvalue weighted by Crippen LogP contribution is -2.49. The van der Waals surface area contributed by atoms with Gasteiger partial charge < -0.3 is 10.0 Å². The van der Waals surface area contributed by atoms with Crippen LogP contribution in [0.4, 0.5) is 0 Å². The number of aliphatic carboxylic acids is 1. The fourth-order valence-corrected chi connectivity index (χ4v) is 2.22. The van der Waals surface area contributed by atoms with E-state index in [1.165, 1.54) is 19.4 Å². The third-order valence-electron chi connectivity index (χ3n) is 3.49. The van der Waals surface area contributed by atoms with E-state index >= 15 is 0 Å². The van der Waals surface area contributed by atoms with E-state index in [0.29, 0.717) is 0 Å². The molecule has 0 aromatic rings. The van der Waals surface area contributed by atoms with Gasteiger partial charge in [0.2, 0.25) is 5.91 Å². The normalized spacial score (nSPS) is 21.5. The Morgan fingerprint density at radius 2 is 1.71 bits per heavy atom. The van der Waals surface area contributed by atoms with Crippen molar-refractivity contribution in [2.75, 3.05) is 32.7 Å². The third-order valence-corrected chi connectivity index (χ3v) is 3.49. The van der Waals surface area contributed by atoms with Crippen LogP contribution < -0.4 is 0 Å². The van der Waals surface area contributed by atoms with E-state index in [-0.39, 0.29) is 18.7 Å². The Balaban J connectivity index is 1.66. The van der Waals surface area contributed by atoms with Gasteiger partial charge in [-0.25, -0.2) is 0 Å². The summed E-state index contributed by atoms with van der Waals surface area (Å²) in [6, 6.07) is 0. The molecule has 1 amide bonds. The second kappa shape index (κ2) is 5.49. The molecular weight excluding hydrogens is 220 g/mol. The first-order valence-corrected chi connectivity index (χ1v) is 6.37. The van der Waals surface area contributed by atoms with Crippen LogP contribution in [0.2, 0.25) is 0 Å². The highest BCUT2D eigenvalue weighted by Gasteiger charge is 2.27. The molecule has 0 unspecified atom stereocenters. The van der Waals surface area contributed by atoms with Crippen LogP contribution in [0.3, 0.4) is 0 Å². The van der Waals surface area contributed by atoms with E-state index in [1.54, 1.807) is 4.90 Å². The molecule has 0 aromatic heterocycles. The van der Waals surface area contributed by atoms with Gasteiger partial charge >= 0.3 is 5.97 Å². The van der Waals surface area contributed by atoms with Gasteiger partial charge in [0.25, 0.3) is 0 Å². The van der Waals surface area contributed by atoms with Crippen LogP contribution >= 0.6 is 0 Å². The summed E-state index contributed by atoms with van der Waals surface area (Å²) in [5.74, 6) is -0.0200. The van der Waals surface area contributed by atoms with Crippen LogP contribution in [0.15, 0.2) is 0 Å². The average Bonchev–Trinajstić information content (AvgIpc) is 3.11. The lowest BCUT2D eigenvalue weighted by Gasteiger charge is -2.34. The molecule has 0 aromatic carbocycles. The molecule has 0 bridgehead atoms. The molecule has 2 fully saturated rings. The SMILES string of the molecule is O=C(O)CCC(=O)N1CCN(CC2CC2)CC1. The van der Waals surface area contributed by atoms with Crippen molar-refractivity contribution >= 4 is 11.9 Å². The topological polar surface area (TPSA) is 60.9 Å². The first-order chi connectivity index (χ1) is 8.15. The Labute approximate surface area is 101 Å². The number of carbonyl (C=O) groups excluding carboxylic acids is 1.